The average molecular weight is 371 g/mol. The molecular weight excluding hydrogens is 350 g/mol. The Hall–Kier alpha value is -3.39. The van der Waals surface area contributed by atoms with E-state index in [4.69, 9.17) is 4.74 Å². The van der Waals surface area contributed by atoms with Gasteiger partial charge in [0.25, 0.3) is 5.91 Å². The summed E-state index contributed by atoms with van der Waals surface area (Å²) in [4.78, 5) is 16.6. The third-order valence-electron chi connectivity index (χ3n) is 5.19. The van der Waals surface area contributed by atoms with Gasteiger partial charge in [-0.15, -0.1) is 0 Å². The van der Waals surface area contributed by atoms with Crippen LogP contribution in [0.4, 0.5) is 0 Å². The summed E-state index contributed by atoms with van der Waals surface area (Å²) in [5.74, 6) is 0.744. The van der Waals surface area contributed by atoms with E-state index in [1.54, 1.807) is 12.3 Å². The minimum atomic E-state index is -0.0193. The Kier molecular flexibility index (Phi) is 5.20. The highest BCUT2D eigenvalue weighted by atomic mass is 16.5. The van der Waals surface area contributed by atoms with Crippen molar-refractivity contribution < 1.29 is 9.53 Å². The Bertz CT molecular complexity index is 1020. The summed E-state index contributed by atoms with van der Waals surface area (Å²) in [7, 11) is 0. The number of rotatable bonds is 4. The summed E-state index contributed by atoms with van der Waals surface area (Å²) < 4.78 is 6.24. The zero-order chi connectivity index (χ0) is 19.3. The highest BCUT2D eigenvalue weighted by Crippen LogP contribution is 2.30. The molecule has 1 aliphatic rings. The quantitative estimate of drug-likeness (QED) is 0.745. The smallest absolute Gasteiger partial charge is 0.251 e. The van der Waals surface area contributed by atoms with Crippen LogP contribution in [0.25, 0.3) is 10.9 Å². The molecule has 2 aromatic carbocycles. The van der Waals surface area contributed by atoms with Crippen LogP contribution in [-0.4, -0.2) is 23.0 Å². The Labute approximate surface area is 164 Å². The number of ether oxygens (including phenoxy) is 1. The molecule has 1 aliphatic carbocycles. The van der Waals surface area contributed by atoms with E-state index >= 15 is 0 Å². The number of aromatic nitrogens is 1. The zero-order valence-corrected chi connectivity index (χ0v) is 15.5. The fourth-order valence-electron chi connectivity index (χ4n) is 3.70. The SMILES string of the molecule is N#Cc1ccc(OC2CCC(NC(=O)c3ccccc3)CC2)c2cccnc12. The van der Waals surface area contributed by atoms with Crippen molar-refractivity contribution in [2.24, 2.45) is 0 Å². The molecule has 0 saturated heterocycles. The van der Waals surface area contributed by atoms with Gasteiger partial charge < -0.3 is 10.1 Å². The van der Waals surface area contributed by atoms with Gasteiger partial charge in [-0.3, -0.25) is 9.78 Å². The molecule has 0 radical (unpaired) electrons. The normalized spacial score (nSPS) is 19.0. The highest BCUT2D eigenvalue weighted by molar-refractivity contribution is 5.94. The van der Waals surface area contributed by atoms with Crippen molar-refractivity contribution in [1.82, 2.24) is 10.3 Å². The van der Waals surface area contributed by atoms with Crippen molar-refractivity contribution in [2.45, 2.75) is 37.8 Å². The van der Waals surface area contributed by atoms with Crippen LogP contribution in [-0.2, 0) is 0 Å². The van der Waals surface area contributed by atoms with Crippen LogP contribution in [0.15, 0.2) is 60.8 Å². The minimum absolute atomic E-state index is 0.0193. The fraction of sp³-hybridized carbons (Fsp3) is 0.261. The summed E-state index contributed by atoms with van der Waals surface area (Å²) in [5, 5.41) is 13.3. The van der Waals surface area contributed by atoms with E-state index in [0.717, 1.165) is 36.8 Å². The van der Waals surface area contributed by atoms with E-state index in [9.17, 15) is 10.1 Å². The molecule has 0 bridgehead atoms. The van der Waals surface area contributed by atoms with E-state index in [1.165, 1.54) is 0 Å². The first kappa shape index (κ1) is 18.0. The van der Waals surface area contributed by atoms with Gasteiger partial charge in [0.15, 0.2) is 0 Å². The van der Waals surface area contributed by atoms with Crippen LogP contribution in [0.5, 0.6) is 5.75 Å². The molecule has 3 aromatic rings. The fourth-order valence-corrected chi connectivity index (χ4v) is 3.70. The molecule has 0 spiro atoms. The summed E-state index contributed by atoms with van der Waals surface area (Å²) in [6.45, 7) is 0. The molecule has 1 N–H and O–H groups in total. The van der Waals surface area contributed by atoms with Gasteiger partial charge in [0.2, 0.25) is 0 Å². The highest BCUT2D eigenvalue weighted by Gasteiger charge is 2.24. The van der Waals surface area contributed by atoms with Crippen molar-refractivity contribution in [3.8, 4) is 11.8 Å². The molecule has 5 heteroatoms. The Morgan fingerprint density at radius 2 is 1.82 bits per heavy atom. The Morgan fingerprint density at radius 3 is 2.57 bits per heavy atom. The van der Waals surface area contributed by atoms with Crippen molar-refractivity contribution in [3.63, 3.8) is 0 Å². The molecule has 1 heterocycles. The molecule has 1 amide bonds. The number of carbonyl (C=O) groups excluding carboxylic acids is 1. The lowest BCUT2D eigenvalue weighted by Gasteiger charge is -2.30. The Balaban J connectivity index is 1.38. The largest absolute Gasteiger partial charge is 0.490 e. The van der Waals surface area contributed by atoms with Gasteiger partial charge in [-0.05, 0) is 62.1 Å². The number of carbonyl (C=O) groups is 1. The molecule has 1 fully saturated rings. The van der Waals surface area contributed by atoms with Gasteiger partial charge in [0.1, 0.15) is 11.8 Å². The van der Waals surface area contributed by atoms with E-state index in [2.05, 4.69) is 16.4 Å². The molecule has 28 heavy (non-hydrogen) atoms. The first-order valence-electron chi connectivity index (χ1n) is 9.55. The second kappa shape index (κ2) is 8.10. The van der Waals surface area contributed by atoms with Gasteiger partial charge in [0, 0.05) is 23.2 Å². The van der Waals surface area contributed by atoms with Gasteiger partial charge >= 0.3 is 0 Å². The molecule has 0 aliphatic heterocycles. The molecule has 1 aromatic heterocycles. The molecular formula is C23H21N3O2. The second-order valence-electron chi connectivity index (χ2n) is 7.05. The molecule has 0 unspecified atom stereocenters. The maximum atomic E-state index is 12.3. The summed E-state index contributed by atoms with van der Waals surface area (Å²) in [6.07, 6.45) is 5.31. The van der Waals surface area contributed by atoms with Gasteiger partial charge in [-0.1, -0.05) is 18.2 Å². The number of nitriles is 1. The number of pyridine rings is 1. The van der Waals surface area contributed by atoms with E-state index < -0.39 is 0 Å². The van der Waals surface area contributed by atoms with Crippen LogP contribution in [0.3, 0.4) is 0 Å². The number of nitrogens with zero attached hydrogens (tertiary/aromatic N) is 2. The van der Waals surface area contributed by atoms with E-state index in [-0.39, 0.29) is 18.1 Å². The second-order valence-corrected chi connectivity index (χ2v) is 7.05. The van der Waals surface area contributed by atoms with Gasteiger partial charge in [-0.25, -0.2) is 0 Å². The zero-order valence-electron chi connectivity index (χ0n) is 15.5. The maximum Gasteiger partial charge on any atom is 0.251 e. The first-order chi connectivity index (χ1) is 13.7. The summed E-state index contributed by atoms with van der Waals surface area (Å²) >= 11 is 0. The summed E-state index contributed by atoms with van der Waals surface area (Å²) in [5.41, 5.74) is 1.92. The lowest BCUT2D eigenvalue weighted by atomic mass is 9.92. The molecule has 4 rings (SSSR count). The number of hydrogen-bond acceptors (Lipinski definition) is 4. The van der Waals surface area contributed by atoms with Crippen molar-refractivity contribution in [3.05, 3.63) is 71.9 Å². The van der Waals surface area contributed by atoms with E-state index in [0.29, 0.717) is 16.6 Å². The maximum absolute atomic E-state index is 12.3. The number of hydrogen-bond donors (Lipinski definition) is 1. The van der Waals surface area contributed by atoms with Crippen LogP contribution in [0.1, 0.15) is 41.6 Å². The van der Waals surface area contributed by atoms with Crippen molar-refractivity contribution >= 4 is 16.8 Å². The van der Waals surface area contributed by atoms with Crippen molar-refractivity contribution in [1.29, 1.82) is 5.26 Å². The minimum Gasteiger partial charge on any atom is -0.490 e. The number of fused-ring (bicyclic) bond motifs is 1. The van der Waals surface area contributed by atoms with Crippen LogP contribution in [0.2, 0.25) is 0 Å². The topological polar surface area (TPSA) is 75.0 Å². The third-order valence-corrected chi connectivity index (χ3v) is 5.19. The van der Waals surface area contributed by atoms with E-state index in [1.807, 2.05) is 48.5 Å². The molecule has 1 saturated carbocycles. The van der Waals surface area contributed by atoms with Gasteiger partial charge in [-0.2, -0.15) is 5.26 Å². The lowest BCUT2D eigenvalue weighted by molar-refractivity contribution is 0.0895. The average Bonchev–Trinajstić information content (AvgIpc) is 2.76. The van der Waals surface area contributed by atoms with Crippen molar-refractivity contribution in [2.75, 3.05) is 0 Å². The van der Waals surface area contributed by atoms with Gasteiger partial charge in [0.05, 0.1) is 17.2 Å². The summed E-state index contributed by atoms with van der Waals surface area (Å²) in [6, 6.07) is 19.1. The first-order valence-corrected chi connectivity index (χ1v) is 9.55. The number of benzene rings is 2. The third kappa shape index (κ3) is 3.81. The van der Waals surface area contributed by atoms with Crippen LogP contribution in [0, 0.1) is 11.3 Å². The number of nitrogens with one attached hydrogen (secondary N) is 1. The molecule has 140 valence electrons. The molecule has 5 nitrogen and oxygen atoms in total. The lowest BCUT2D eigenvalue weighted by Crippen LogP contribution is -2.39. The standard InChI is InChI=1S/C23H21N3O2/c24-15-17-8-13-21(20-7-4-14-25-22(17)20)28-19-11-9-18(10-12-19)26-23(27)16-5-2-1-3-6-16/h1-8,13-14,18-19H,9-12H2,(H,26,27). The van der Waals surface area contributed by atoms with Crippen LogP contribution >= 0.6 is 0 Å². The number of amides is 1. The predicted molar refractivity (Wildman–Crippen MR) is 107 cm³/mol. The predicted octanol–water partition coefficient (Wildman–Crippen LogP) is 4.23. The molecule has 0 atom stereocenters. The van der Waals surface area contributed by atoms with Crippen LogP contribution < -0.4 is 10.1 Å². The monoisotopic (exact) mass is 371 g/mol. The Morgan fingerprint density at radius 1 is 1.04 bits per heavy atom.